The number of carbonyl (C=O) groups excluding carboxylic acids is 3. The molecule has 2 heterocycles. The van der Waals surface area contributed by atoms with Crippen molar-refractivity contribution < 1.29 is 29.0 Å². The quantitative estimate of drug-likeness (QED) is 0.547. The van der Waals surface area contributed by atoms with Crippen molar-refractivity contribution in [3.63, 3.8) is 0 Å². The fourth-order valence-electron chi connectivity index (χ4n) is 3.79. The number of benzene rings is 2. The van der Waals surface area contributed by atoms with Crippen molar-refractivity contribution in [1.82, 2.24) is 10.2 Å². The van der Waals surface area contributed by atoms with E-state index in [1.54, 1.807) is 61.7 Å². The molecule has 1 saturated heterocycles. The Morgan fingerprint density at radius 1 is 1.13 bits per heavy atom. The molecule has 8 nitrogen and oxygen atoms in total. The van der Waals surface area contributed by atoms with Crippen LogP contribution >= 0.6 is 0 Å². The number of allylic oxidation sites excluding steroid dienone is 1. The van der Waals surface area contributed by atoms with Gasteiger partial charge in [-0.05, 0) is 36.2 Å². The Morgan fingerprint density at radius 3 is 2.52 bits per heavy atom. The summed E-state index contributed by atoms with van der Waals surface area (Å²) in [4.78, 5) is 39.0. The lowest BCUT2D eigenvalue weighted by Crippen LogP contribution is -2.71. The van der Waals surface area contributed by atoms with E-state index < -0.39 is 24.0 Å². The van der Waals surface area contributed by atoms with Crippen LogP contribution in [0.25, 0.3) is 0 Å². The van der Waals surface area contributed by atoms with Gasteiger partial charge in [-0.3, -0.25) is 14.5 Å². The predicted molar refractivity (Wildman–Crippen MR) is 110 cm³/mol. The van der Waals surface area contributed by atoms with E-state index in [1.165, 1.54) is 4.90 Å². The van der Waals surface area contributed by atoms with Gasteiger partial charge in [-0.1, -0.05) is 30.3 Å². The second kappa shape index (κ2) is 8.51. The molecule has 2 unspecified atom stereocenters. The summed E-state index contributed by atoms with van der Waals surface area (Å²) in [6, 6.07) is 14.4. The average molecular weight is 422 g/mol. The van der Waals surface area contributed by atoms with Gasteiger partial charge in [0, 0.05) is 12.0 Å². The number of ether oxygens (including phenoxy) is 2. The third-order valence-electron chi connectivity index (χ3n) is 5.46. The van der Waals surface area contributed by atoms with E-state index in [9.17, 15) is 19.5 Å². The average Bonchev–Trinajstić information content (AvgIpc) is 2.81. The maximum Gasteiger partial charge on any atom is 0.358 e. The Bertz CT molecular complexity index is 1030. The Balaban J connectivity index is 1.41. The normalized spacial score (nSPS) is 19.9. The molecule has 4 rings (SSSR count). The highest BCUT2D eigenvalue weighted by molar-refractivity contribution is 6.04. The van der Waals surface area contributed by atoms with Crippen LogP contribution in [0.15, 0.2) is 66.1 Å². The molecule has 1 fully saturated rings. The number of nitrogens with zero attached hydrogens (tertiary/aromatic N) is 1. The lowest BCUT2D eigenvalue weighted by atomic mass is 9.85. The van der Waals surface area contributed by atoms with E-state index in [0.717, 1.165) is 5.56 Å². The zero-order valence-corrected chi connectivity index (χ0v) is 16.9. The van der Waals surface area contributed by atoms with Crippen molar-refractivity contribution in [2.45, 2.75) is 31.5 Å². The van der Waals surface area contributed by atoms with E-state index in [0.29, 0.717) is 17.7 Å². The number of nitrogens with one attached hydrogen (secondary N) is 1. The number of β-lactam (4-membered cyclic amide) rings is 1. The Kier molecular flexibility index (Phi) is 5.62. The van der Waals surface area contributed by atoms with E-state index in [4.69, 9.17) is 9.47 Å². The first-order chi connectivity index (χ1) is 15.0. The first kappa shape index (κ1) is 20.5. The molecular formula is C23H22N2O6. The minimum Gasteiger partial charge on any atom is -0.510 e. The van der Waals surface area contributed by atoms with E-state index in [-0.39, 0.29) is 30.4 Å². The third-order valence-corrected chi connectivity index (χ3v) is 5.46. The van der Waals surface area contributed by atoms with Gasteiger partial charge in [-0.15, -0.1) is 0 Å². The van der Waals surface area contributed by atoms with Crippen LogP contribution in [0, 0.1) is 0 Å². The second-order valence-corrected chi connectivity index (χ2v) is 7.35. The van der Waals surface area contributed by atoms with Crippen molar-refractivity contribution in [2.75, 3.05) is 7.11 Å². The van der Waals surface area contributed by atoms with Crippen molar-refractivity contribution >= 4 is 17.8 Å². The number of hydrogen-bond donors (Lipinski definition) is 2. The van der Waals surface area contributed by atoms with Crippen LogP contribution in [0.2, 0.25) is 0 Å². The van der Waals surface area contributed by atoms with Gasteiger partial charge in [0.2, 0.25) is 0 Å². The summed E-state index contributed by atoms with van der Waals surface area (Å²) >= 11 is 0. The van der Waals surface area contributed by atoms with Crippen LogP contribution in [0.3, 0.4) is 0 Å². The lowest BCUT2D eigenvalue weighted by Gasteiger charge is -2.49. The highest BCUT2D eigenvalue weighted by atomic mass is 16.5. The molecule has 2 amide bonds. The fourth-order valence-corrected chi connectivity index (χ4v) is 3.79. The molecule has 0 aliphatic carbocycles. The minimum atomic E-state index is -0.779. The van der Waals surface area contributed by atoms with Gasteiger partial charge in [0.05, 0.1) is 13.2 Å². The Labute approximate surface area is 179 Å². The van der Waals surface area contributed by atoms with Crippen LogP contribution in [0.5, 0.6) is 5.75 Å². The van der Waals surface area contributed by atoms with Crippen molar-refractivity contribution in [1.29, 1.82) is 0 Å². The molecule has 2 N–H and O–H groups in total. The fraction of sp³-hybridized carbons (Fsp3) is 0.261. The second-order valence-electron chi connectivity index (χ2n) is 7.35. The number of rotatable bonds is 6. The largest absolute Gasteiger partial charge is 0.510 e. The number of fused-ring (bicyclic) bond motifs is 1. The number of hydrogen-bond acceptors (Lipinski definition) is 6. The van der Waals surface area contributed by atoms with Gasteiger partial charge >= 0.3 is 5.97 Å². The number of aliphatic hydroxyl groups excluding tert-OH is 1. The topological polar surface area (TPSA) is 105 Å². The number of carbonyl (C=O) groups is 3. The number of aliphatic hydroxyl groups is 1. The summed E-state index contributed by atoms with van der Waals surface area (Å²) in [5.74, 6) is -1.09. The monoisotopic (exact) mass is 422 g/mol. The summed E-state index contributed by atoms with van der Waals surface area (Å²) in [5, 5.41) is 13.0. The summed E-state index contributed by atoms with van der Waals surface area (Å²) in [6.45, 7) is -0.0134. The van der Waals surface area contributed by atoms with Crippen molar-refractivity contribution in [2.24, 2.45) is 0 Å². The molecule has 0 aromatic heterocycles. The molecule has 31 heavy (non-hydrogen) atoms. The molecule has 0 radical (unpaired) electrons. The zero-order chi connectivity index (χ0) is 22.0. The van der Waals surface area contributed by atoms with Gasteiger partial charge in [-0.2, -0.15) is 0 Å². The van der Waals surface area contributed by atoms with E-state index >= 15 is 0 Å². The van der Waals surface area contributed by atoms with Crippen LogP contribution in [-0.2, 0) is 20.9 Å². The number of methoxy groups -OCH3 is 1. The Hall–Kier alpha value is -3.81. The van der Waals surface area contributed by atoms with Gasteiger partial charge in [0.1, 0.15) is 24.2 Å². The third kappa shape index (κ3) is 3.96. The molecule has 2 aromatic carbocycles. The molecule has 2 aliphatic heterocycles. The van der Waals surface area contributed by atoms with E-state index in [2.05, 4.69) is 5.32 Å². The first-order valence-electron chi connectivity index (χ1n) is 9.90. The predicted octanol–water partition coefficient (Wildman–Crippen LogP) is 2.31. The van der Waals surface area contributed by atoms with E-state index in [1.807, 2.05) is 0 Å². The minimum absolute atomic E-state index is 0.0134. The number of amides is 2. The molecule has 2 aromatic rings. The van der Waals surface area contributed by atoms with Crippen molar-refractivity contribution in [3.8, 4) is 5.75 Å². The number of esters is 1. The molecular weight excluding hydrogens is 400 g/mol. The molecule has 2 atom stereocenters. The zero-order valence-electron chi connectivity index (χ0n) is 16.9. The summed E-state index contributed by atoms with van der Waals surface area (Å²) in [5.41, 5.74) is 1.03. The maximum atomic E-state index is 12.7. The van der Waals surface area contributed by atoms with Crippen LogP contribution < -0.4 is 10.1 Å². The molecule has 0 saturated carbocycles. The molecule has 160 valence electrons. The van der Waals surface area contributed by atoms with Gasteiger partial charge < -0.3 is 19.9 Å². The molecule has 8 heteroatoms. The lowest BCUT2D eigenvalue weighted by molar-refractivity contribution is -0.157. The van der Waals surface area contributed by atoms with Crippen LogP contribution in [-0.4, -0.2) is 47.0 Å². The first-order valence-corrected chi connectivity index (χ1v) is 9.90. The Morgan fingerprint density at radius 2 is 1.84 bits per heavy atom. The van der Waals surface area contributed by atoms with Crippen LogP contribution in [0.4, 0.5) is 0 Å². The highest BCUT2D eigenvalue weighted by Crippen LogP contribution is 2.36. The summed E-state index contributed by atoms with van der Waals surface area (Å²) in [7, 11) is 1.56. The van der Waals surface area contributed by atoms with Gasteiger partial charge in [0.15, 0.2) is 5.70 Å². The summed E-state index contributed by atoms with van der Waals surface area (Å²) < 4.78 is 10.4. The highest BCUT2D eigenvalue weighted by Gasteiger charge is 2.54. The van der Waals surface area contributed by atoms with Gasteiger partial charge in [0.25, 0.3) is 11.8 Å². The maximum absolute atomic E-state index is 12.7. The summed E-state index contributed by atoms with van der Waals surface area (Å²) in [6.07, 6.45) is 0.658. The standard InChI is InChI=1S/C23H22N2O6/c1-30-16-9-7-14(8-10-16)13-31-23(29)20-18(26)12-11-17-19(22(28)25(17)20)24-21(27)15-5-3-2-4-6-15/h2-10,17,19,26H,11-13H2,1H3,(H,24,27). The molecule has 0 spiro atoms. The van der Waals surface area contributed by atoms with Crippen LogP contribution in [0.1, 0.15) is 28.8 Å². The SMILES string of the molecule is COc1ccc(COC(=O)C2=C(O)CCC3C(NC(=O)c4ccccc4)C(=O)N23)cc1. The smallest absolute Gasteiger partial charge is 0.358 e. The molecule has 0 bridgehead atoms. The van der Waals surface area contributed by atoms with Gasteiger partial charge in [-0.25, -0.2) is 4.79 Å². The van der Waals surface area contributed by atoms with Crippen molar-refractivity contribution in [3.05, 3.63) is 77.2 Å². The molecule has 2 aliphatic rings.